The molecule has 5 nitrogen and oxygen atoms in total. The van der Waals surface area contributed by atoms with Crippen LogP contribution in [0.25, 0.3) is 0 Å². The average Bonchev–Trinajstić information content (AvgIpc) is 3.09. The van der Waals surface area contributed by atoms with E-state index in [1.54, 1.807) is 22.2 Å². The van der Waals surface area contributed by atoms with E-state index in [4.69, 9.17) is 0 Å². The molecule has 1 atom stereocenters. The first-order chi connectivity index (χ1) is 10.6. The minimum atomic E-state index is -0.402. The molecule has 2 aromatic heterocycles. The van der Waals surface area contributed by atoms with E-state index < -0.39 is 6.04 Å². The van der Waals surface area contributed by atoms with Crippen LogP contribution in [-0.2, 0) is 17.6 Å². The van der Waals surface area contributed by atoms with Crippen molar-refractivity contribution < 1.29 is 4.79 Å². The molecular formula is C16H18N4OS. The Morgan fingerprint density at radius 2 is 2.27 bits per heavy atom. The standard InChI is InChI=1S/C16H18N4OS/c1-10-7-8-18-20(10)11(2)15(21)19-16-13(9-17)12-5-3-4-6-14(12)22-16/h7-8,11H,3-6H2,1-2H3,(H,19,21). The first kappa shape index (κ1) is 14.8. The summed E-state index contributed by atoms with van der Waals surface area (Å²) in [5.74, 6) is -0.137. The van der Waals surface area contributed by atoms with Gasteiger partial charge in [0, 0.05) is 16.8 Å². The van der Waals surface area contributed by atoms with Gasteiger partial charge in [0.25, 0.3) is 0 Å². The number of fused-ring (bicyclic) bond motifs is 1. The first-order valence-electron chi connectivity index (χ1n) is 7.47. The summed E-state index contributed by atoms with van der Waals surface area (Å²) in [6.07, 6.45) is 5.92. The third kappa shape index (κ3) is 2.53. The lowest BCUT2D eigenvalue weighted by Crippen LogP contribution is -2.25. The topological polar surface area (TPSA) is 70.7 Å². The van der Waals surface area contributed by atoms with Gasteiger partial charge in [-0.1, -0.05) is 0 Å². The van der Waals surface area contributed by atoms with Crippen LogP contribution in [0.2, 0.25) is 0 Å². The summed E-state index contributed by atoms with van der Waals surface area (Å²) in [6.45, 7) is 3.73. The van der Waals surface area contributed by atoms with Crippen LogP contribution in [0.3, 0.4) is 0 Å². The van der Waals surface area contributed by atoms with Crippen LogP contribution in [0.1, 0.15) is 47.5 Å². The van der Waals surface area contributed by atoms with E-state index in [1.165, 1.54) is 4.88 Å². The highest BCUT2D eigenvalue weighted by Crippen LogP contribution is 2.37. The Hall–Kier alpha value is -2.13. The van der Waals surface area contributed by atoms with Gasteiger partial charge in [0.15, 0.2) is 0 Å². The second kappa shape index (κ2) is 5.93. The lowest BCUT2D eigenvalue weighted by Gasteiger charge is -2.13. The number of aromatic nitrogens is 2. The number of anilines is 1. The number of hydrogen-bond acceptors (Lipinski definition) is 4. The fourth-order valence-electron chi connectivity index (χ4n) is 2.89. The van der Waals surface area contributed by atoms with E-state index in [9.17, 15) is 10.1 Å². The Bertz CT molecular complexity index is 753. The molecule has 0 aromatic carbocycles. The number of nitrogens with zero attached hydrogens (tertiary/aromatic N) is 3. The van der Waals surface area contributed by atoms with Crippen LogP contribution < -0.4 is 5.32 Å². The molecule has 0 bridgehead atoms. The normalized spacial score (nSPS) is 15.0. The molecule has 1 N–H and O–H groups in total. The maximum atomic E-state index is 12.5. The largest absolute Gasteiger partial charge is 0.315 e. The van der Waals surface area contributed by atoms with Gasteiger partial charge in [0.05, 0.1) is 5.56 Å². The number of hydrogen-bond donors (Lipinski definition) is 1. The Balaban J connectivity index is 1.84. The van der Waals surface area contributed by atoms with Crippen molar-refractivity contribution in [2.24, 2.45) is 0 Å². The van der Waals surface area contributed by atoms with E-state index >= 15 is 0 Å². The summed E-state index contributed by atoms with van der Waals surface area (Å²) in [5.41, 5.74) is 2.73. The van der Waals surface area contributed by atoms with E-state index in [1.807, 2.05) is 19.9 Å². The summed E-state index contributed by atoms with van der Waals surface area (Å²) in [5, 5.41) is 17.2. The van der Waals surface area contributed by atoms with E-state index in [0.29, 0.717) is 10.6 Å². The molecular weight excluding hydrogens is 296 g/mol. The number of nitriles is 1. The Labute approximate surface area is 133 Å². The molecule has 0 spiro atoms. The van der Waals surface area contributed by atoms with Gasteiger partial charge in [0.1, 0.15) is 17.1 Å². The van der Waals surface area contributed by atoms with Gasteiger partial charge in [-0.2, -0.15) is 10.4 Å². The zero-order chi connectivity index (χ0) is 15.7. The van der Waals surface area contributed by atoms with Gasteiger partial charge >= 0.3 is 0 Å². The fourth-order valence-corrected chi connectivity index (χ4v) is 4.13. The molecule has 22 heavy (non-hydrogen) atoms. The molecule has 1 unspecified atom stereocenters. The number of nitrogens with one attached hydrogen (secondary N) is 1. The molecule has 3 rings (SSSR count). The Morgan fingerprint density at radius 1 is 1.50 bits per heavy atom. The molecule has 0 aliphatic heterocycles. The number of amides is 1. The van der Waals surface area contributed by atoms with Crippen molar-refractivity contribution in [2.75, 3.05) is 5.32 Å². The van der Waals surface area contributed by atoms with Crippen molar-refractivity contribution in [3.63, 3.8) is 0 Å². The van der Waals surface area contributed by atoms with Crippen molar-refractivity contribution in [3.8, 4) is 6.07 Å². The fraction of sp³-hybridized carbons (Fsp3) is 0.438. The molecule has 1 amide bonds. The third-order valence-electron chi connectivity index (χ3n) is 4.13. The van der Waals surface area contributed by atoms with Crippen LogP contribution in [0.4, 0.5) is 5.00 Å². The molecule has 6 heteroatoms. The minimum Gasteiger partial charge on any atom is -0.315 e. The lowest BCUT2D eigenvalue weighted by molar-refractivity contribution is -0.119. The van der Waals surface area contributed by atoms with E-state index in [2.05, 4.69) is 16.5 Å². The van der Waals surface area contributed by atoms with Crippen LogP contribution in [0.15, 0.2) is 12.3 Å². The summed E-state index contributed by atoms with van der Waals surface area (Å²) in [6, 6.07) is 3.73. The SMILES string of the molecule is Cc1ccnn1C(C)C(=O)Nc1sc2c(c1C#N)CCCC2. The molecule has 0 fully saturated rings. The van der Waals surface area contributed by atoms with Crippen molar-refractivity contribution in [3.05, 3.63) is 34.0 Å². The predicted molar refractivity (Wildman–Crippen MR) is 86.0 cm³/mol. The zero-order valence-electron chi connectivity index (χ0n) is 12.7. The molecule has 2 aromatic rings. The molecule has 0 radical (unpaired) electrons. The van der Waals surface area contributed by atoms with Gasteiger partial charge in [0.2, 0.25) is 5.91 Å². The van der Waals surface area contributed by atoms with E-state index in [0.717, 1.165) is 36.9 Å². The summed E-state index contributed by atoms with van der Waals surface area (Å²) >= 11 is 1.55. The van der Waals surface area contributed by atoms with Gasteiger partial charge in [-0.25, -0.2) is 0 Å². The predicted octanol–water partition coefficient (Wildman–Crippen LogP) is 3.20. The average molecular weight is 314 g/mol. The van der Waals surface area contributed by atoms with Gasteiger partial charge in [-0.3, -0.25) is 9.48 Å². The van der Waals surface area contributed by atoms with Crippen LogP contribution in [0, 0.1) is 18.3 Å². The van der Waals surface area contributed by atoms with Crippen molar-refractivity contribution in [1.82, 2.24) is 9.78 Å². The second-order valence-electron chi connectivity index (χ2n) is 5.61. The maximum Gasteiger partial charge on any atom is 0.249 e. The molecule has 2 heterocycles. The van der Waals surface area contributed by atoms with Crippen molar-refractivity contribution in [2.45, 2.75) is 45.6 Å². The second-order valence-corrected chi connectivity index (χ2v) is 6.71. The first-order valence-corrected chi connectivity index (χ1v) is 8.29. The highest BCUT2D eigenvalue weighted by atomic mass is 32.1. The Kier molecular flexibility index (Phi) is 3.99. The van der Waals surface area contributed by atoms with Crippen LogP contribution >= 0.6 is 11.3 Å². The van der Waals surface area contributed by atoms with Gasteiger partial charge in [-0.05, 0) is 51.2 Å². The highest BCUT2D eigenvalue weighted by molar-refractivity contribution is 7.16. The number of aryl methyl sites for hydroxylation is 2. The smallest absolute Gasteiger partial charge is 0.249 e. The molecule has 1 aliphatic carbocycles. The summed E-state index contributed by atoms with van der Waals surface area (Å²) < 4.78 is 1.69. The number of carbonyl (C=O) groups excluding carboxylic acids is 1. The number of thiophene rings is 1. The number of rotatable bonds is 3. The molecule has 0 saturated heterocycles. The number of carbonyl (C=O) groups is 1. The third-order valence-corrected chi connectivity index (χ3v) is 5.34. The van der Waals surface area contributed by atoms with Crippen molar-refractivity contribution in [1.29, 1.82) is 5.26 Å². The van der Waals surface area contributed by atoms with Crippen molar-refractivity contribution >= 4 is 22.2 Å². The molecule has 1 aliphatic rings. The van der Waals surface area contributed by atoms with E-state index in [-0.39, 0.29) is 5.91 Å². The quantitative estimate of drug-likeness (QED) is 0.945. The highest BCUT2D eigenvalue weighted by Gasteiger charge is 2.24. The molecule has 0 saturated carbocycles. The van der Waals surface area contributed by atoms with Gasteiger partial charge in [-0.15, -0.1) is 11.3 Å². The maximum absolute atomic E-state index is 12.5. The summed E-state index contributed by atoms with van der Waals surface area (Å²) in [4.78, 5) is 13.7. The Morgan fingerprint density at radius 3 is 2.95 bits per heavy atom. The van der Waals surface area contributed by atoms with Crippen LogP contribution in [0.5, 0.6) is 0 Å². The minimum absolute atomic E-state index is 0.137. The van der Waals surface area contributed by atoms with Gasteiger partial charge < -0.3 is 5.32 Å². The summed E-state index contributed by atoms with van der Waals surface area (Å²) in [7, 11) is 0. The molecule has 114 valence electrons. The lowest BCUT2D eigenvalue weighted by atomic mass is 9.96. The van der Waals surface area contributed by atoms with Crippen LogP contribution in [-0.4, -0.2) is 15.7 Å². The monoisotopic (exact) mass is 314 g/mol. The zero-order valence-corrected chi connectivity index (χ0v) is 13.5.